The Bertz CT molecular complexity index is 772. The van der Waals surface area contributed by atoms with Crippen molar-refractivity contribution in [3.63, 3.8) is 0 Å². The van der Waals surface area contributed by atoms with Crippen molar-refractivity contribution >= 4 is 11.0 Å². The first kappa shape index (κ1) is 10.5. The molecule has 3 aromatic rings. The van der Waals surface area contributed by atoms with E-state index in [9.17, 15) is 0 Å². The lowest BCUT2D eigenvalue weighted by atomic mass is 10.2. The minimum Gasteiger partial charge on any atom is -0.327 e. The molecule has 1 N–H and O–H groups in total. The molecule has 5 heteroatoms. The lowest BCUT2D eigenvalue weighted by molar-refractivity contribution is 0.957. The highest BCUT2D eigenvalue weighted by atomic mass is 15.1. The van der Waals surface area contributed by atoms with Gasteiger partial charge in [-0.25, -0.2) is 4.98 Å². The number of hydrogen-bond donors (Lipinski definition) is 1. The van der Waals surface area contributed by atoms with E-state index in [1.165, 1.54) is 0 Å². The average Bonchev–Trinajstić information content (AvgIpc) is 2.93. The first-order chi connectivity index (χ1) is 8.70. The van der Waals surface area contributed by atoms with Crippen LogP contribution in [-0.2, 0) is 7.05 Å². The van der Waals surface area contributed by atoms with Crippen molar-refractivity contribution in [2.24, 2.45) is 7.05 Å². The molecule has 0 atom stereocenters. The van der Waals surface area contributed by atoms with Crippen LogP contribution in [0.5, 0.6) is 0 Å². The molecular formula is C13H11N5. The fourth-order valence-corrected chi connectivity index (χ4v) is 2.09. The van der Waals surface area contributed by atoms with Crippen LogP contribution in [0.3, 0.4) is 0 Å². The summed E-state index contributed by atoms with van der Waals surface area (Å²) in [6.45, 7) is 1.96. The molecule has 0 aliphatic heterocycles. The highest BCUT2D eigenvalue weighted by Crippen LogP contribution is 2.25. The zero-order valence-electron chi connectivity index (χ0n) is 10.1. The number of fused-ring (bicyclic) bond motifs is 1. The van der Waals surface area contributed by atoms with E-state index in [4.69, 9.17) is 5.26 Å². The molecule has 3 rings (SSSR count). The molecule has 88 valence electrons. The van der Waals surface area contributed by atoms with Crippen LogP contribution in [0.1, 0.15) is 11.3 Å². The maximum absolute atomic E-state index is 8.90. The van der Waals surface area contributed by atoms with Gasteiger partial charge in [-0.2, -0.15) is 10.4 Å². The van der Waals surface area contributed by atoms with E-state index in [2.05, 4.69) is 21.3 Å². The molecule has 18 heavy (non-hydrogen) atoms. The van der Waals surface area contributed by atoms with Gasteiger partial charge in [0.15, 0.2) is 0 Å². The molecule has 0 bridgehead atoms. The van der Waals surface area contributed by atoms with Gasteiger partial charge in [0.2, 0.25) is 0 Å². The second-order valence-electron chi connectivity index (χ2n) is 4.22. The number of H-pyrrole nitrogens is 1. The van der Waals surface area contributed by atoms with Gasteiger partial charge in [0.25, 0.3) is 0 Å². The summed E-state index contributed by atoms with van der Waals surface area (Å²) in [5.74, 6) is 0.853. The van der Waals surface area contributed by atoms with Gasteiger partial charge in [-0.3, -0.25) is 5.10 Å². The van der Waals surface area contributed by atoms with E-state index in [0.29, 0.717) is 5.56 Å². The Hall–Kier alpha value is -2.61. The molecule has 0 aliphatic rings. The predicted molar refractivity (Wildman–Crippen MR) is 67.7 cm³/mol. The molecule has 0 unspecified atom stereocenters. The van der Waals surface area contributed by atoms with Crippen molar-refractivity contribution in [1.29, 1.82) is 5.26 Å². The van der Waals surface area contributed by atoms with Gasteiger partial charge in [-0.15, -0.1) is 0 Å². The highest BCUT2D eigenvalue weighted by molar-refractivity contribution is 5.82. The Labute approximate surface area is 104 Å². The first-order valence-corrected chi connectivity index (χ1v) is 5.57. The summed E-state index contributed by atoms with van der Waals surface area (Å²) in [6.07, 6.45) is 1.77. The topological polar surface area (TPSA) is 70.3 Å². The fourth-order valence-electron chi connectivity index (χ4n) is 2.09. The van der Waals surface area contributed by atoms with Gasteiger partial charge >= 0.3 is 0 Å². The third-order valence-corrected chi connectivity index (χ3v) is 3.08. The minimum absolute atomic E-state index is 0.621. The molecule has 0 radical (unpaired) electrons. The van der Waals surface area contributed by atoms with Crippen molar-refractivity contribution < 1.29 is 0 Å². The van der Waals surface area contributed by atoms with Gasteiger partial charge in [0.05, 0.1) is 34.4 Å². The van der Waals surface area contributed by atoms with Gasteiger partial charge in [-0.05, 0) is 25.1 Å². The zero-order chi connectivity index (χ0) is 12.7. The third kappa shape index (κ3) is 1.39. The Morgan fingerprint density at radius 1 is 1.39 bits per heavy atom. The van der Waals surface area contributed by atoms with E-state index in [1.807, 2.05) is 24.6 Å². The summed E-state index contributed by atoms with van der Waals surface area (Å²) in [5.41, 5.74) is 4.41. The Morgan fingerprint density at radius 2 is 2.22 bits per heavy atom. The first-order valence-electron chi connectivity index (χ1n) is 5.57. The Balaban J connectivity index is 2.30. The number of aromatic amines is 1. The summed E-state index contributed by atoms with van der Waals surface area (Å²) in [4.78, 5) is 4.58. The van der Waals surface area contributed by atoms with Gasteiger partial charge in [0.1, 0.15) is 5.82 Å². The molecule has 0 amide bonds. The van der Waals surface area contributed by atoms with Gasteiger partial charge < -0.3 is 4.57 Å². The quantitative estimate of drug-likeness (QED) is 0.704. The number of aromatic nitrogens is 4. The predicted octanol–water partition coefficient (Wildman–Crippen LogP) is 2.14. The number of imidazole rings is 1. The number of nitriles is 1. The number of aryl methyl sites for hydroxylation is 2. The molecule has 0 saturated heterocycles. The summed E-state index contributed by atoms with van der Waals surface area (Å²) in [5, 5.41) is 15.8. The average molecular weight is 237 g/mol. The molecule has 0 aliphatic carbocycles. The van der Waals surface area contributed by atoms with Crippen LogP contribution < -0.4 is 0 Å². The maximum Gasteiger partial charge on any atom is 0.144 e. The number of nitrogens with zero attached hydrogens (tertiary/aromatic N) is 4. The van der Waals surface area contributed by atoms with E-state index >= 15 is 0 Å². The number of nitrogens with one attached hydrogen (secondary N) is 1. The molecular weight excluding hydrogens is 226 g/mol. The van der Waals surface area contributed by atoms with Crippen molar-refractivity contribution in [2.45, 2.75) is 6.92 Å². The van der Waals surface area contributed by atoms with E-state index in [-0.39, 0.29) is 0 Å². The minimum atomic E-state index is 0.621. The number of rotatable bonds is 1. The van der Waals surface area contributed by atoms with E-state index in [0.717, 1.165) is 28.1 Å². The summed E-state index contributed by atoms with van der Waals surface area (Å²) in [7, 11) is 1.96. The number of hydrogen-bond acceptors (Lipinski definition) is 3. The monoisotopic (exact) mass is 237 g/mol. The molecule has 0 fully saturated rings. The maximum atomic E-state index is 8.90. The smallest absolute Gasteiger partial charge is 0.144 e. The summed E-state index contributed by atoms with van der Waals surface area (Å²) < 4.78 is 2.01. The van der Waals surface area contributed by atoms with Gasteiger partial charge in [0, 0.05) is 12.7 Å². The third-order valence-electron chi connectivity index (χ3n) is 3.08. The van der Waals surface area contributed by atoms with Crippen LogP contribution in [0, 0.1) is 18.3 Å². The zero-order valence-corrected chi connectivity index (χ0v) is 10.1. The van der Waals surface area contributed by atoms with Crippen molar-refractivity contribution in [1.82, 2.24) is 19.7 Å². The summed E-state index contributed by atoms with van der Waals surface area (Å²) >= 11 is 0. The van der Waals surface area contributed by atoms with Crippen LogP contribution in [-0.4, -0.2) is 19.7 Å². The van der Waals surface area contributed by atoms with Crippen molar-refractivity contribution in [3.05, 3.63) is 35.7 Å². The normalized spacial score (nSPS) is 10.7. The lowest BCUT2D eigenvalue weighted by Crippen LogP contribution is -1.92. The fraction of sp³-hybridized carbons (Fsp3) is 0.154. The Kier molecular flexibility index (Phi) is 2.17. The van der Waals surface area contributed by atoms with Crippen LogP contribution in [0.25, 0.3) is 22.4 Å². The second-order valence-corrected chi connectivity index (χ2v) is 4.22. The highest BCUT2D eigenvalue weighted by Gasteiger charge is 2.13. The molecule has 1 aromatic carbocycles. The molecule has 0 saturated carbocycles. The summed E-state index contributed by atoms with van der Waals surface area (Å²) in [6, 6.07) is 7.64. The van der Waals surface area contributed by atoms with Crippen molar-refractivity contribution in [2.75, 3.05) is 0 Å². The van der Waals surface area contributed by atoms with E-state index in [1.54, 1.807) is 18.3 Å². The van der Waals surface area contributed by atoms with Crippen LogP contribution >= 0.6 is 0 Å². The standard InChI is InChI=1S/C13H11N5/c1-8-10(7-15-17-8)13-16-11-5-9(6-14)3-4-12(11)18(13)2/h3-5,7H,1-2H3,(H,15,17). The van der Waals surface area contributed by atoms with Gasteiger partial charge in [-0.1, -0.05) is 0 Å². The second kappa shape index (κ2) is 3.70. The molecule has 5 nitrogen and oxygen atoms in total. The SMILES string of the molecule is Cc1[nH]ncc1-c1nc2cc(C#N)ccc2n1C. The molecule has 2 aromatic heterocycles. The largest absolute Gasteiger partial charge is 0.327 e. The van der Waals surface area contributed by atoms with Crippen LogP contribution in [0.4, 0.5) is 0 Å². The van der Waals surface area contributed by atoms with Crippen LogP contribution in [0.15, 0.2) is 24.4 Å². The van der Waals surface area contributed by atoms with Crippen molar-refractivity contribution in [3.8, 4) is 17.5 Å². The Morgan fingerprint density at radius 3 is 2.89 bits per heavy atom. The van der Waals surface area contributed by atoms with Crippen LogP contribution in [0.2, 0.25) is 0 Å². The number of benzene rings is 1. The molecule has 0 spiro atoms. The van der Waals surface area contributed by atoms with E-state index < -0.39 is 0 Å². The molecule has 2 heterocycles. The lowest BCUT2D eigenvalue weighted by Gasteiger charge is -2.00.